The Hall–Kier alpha value is -6.00. The van der Waals surface area contributed by atoms with Crippen molar-refractivity contribution in [1.29, 1.82) is 0 Å². The third-order valence-electron chi connectivity index (χ3n) is 7.63. The van der Waals surface area contributed by atoms with Crippen LogP contribution < -0.4 is 4.90 Å². The molecule has 0 aliphatic carbocycles. The Morgan fingerprint density at radius 2 is 1.28 bits per heavy atom. The maximum Gasteiger partial charge on any atom is 0.307 e. The van der Waals surface area contributed by atoms with E-state index >= 15 is 0 Å². The van der Waals surface area contributed by atoms with Gasteiger partial charge in [-0.15, -0.1) is 0 Å². The number of hydrogen-bond donors (Lipinski definition) is 4. The van der Waals surface area contributed by atoms with Crippen molar-refractivity contribution in [3.05, 3.63) is 137 Å². The van der Waals surface area contributed by atoms with Gasteiger partial charge in [-0.2, -0.15) is 0 Å². The first-order chi connectivity index (χ1) is 22.8. The first-order valence-corrected chi connectivity index (χ1v) is 15.0. The lowest BCUT2D eigenvalue weighted by Crippen LogP contribution is -2.24. The van der Waals surface area contributed by atoms with Crippen molar-refractivity contribution in [3.63, 3.8) is 0 Å². The monoisotopic (exact) mass is 645 g/mol. The van der Waals surface area contributed by atoms with Gasteiger partial charge in [0, 0.05) is 45.1 Å². The van der Waals surface area contributed by atoms with Gasteiger partial charge < -0.3 is 20.2 Å². The predicted molar refractivity (Wildman–Crippen MR) is 181 cm³/mol. The molecule has 234 valence electrons. The summed E-state index contributed by atoms with van der Waals surface area (Å²) in [4.78, 5) is 49.8. The van der Waals surface area contributed by atoms with E-state index in [2.05, 4.69) is 19.9 Å². The van der Waals surface area contributed by atoms with Gasteiger partial charge in [-0.05, 0) is 59.2 Å². The lowest BCUT2D eigenvalue weighted by atomic mass is 10.1. The first-order valence-electron chi connectivity index (χ1n) is 14.6. The number of anilines is 1. The summed E-state index contributed by atoms with van der Waals surface area (Å²) in [7, 11) is 0. The SMILES string of the molecule is O=C(O)Cc1c[nH]c2ccccc12.O=C(O)Cc1c[nH]c2ccccc12.O=C1c2ccccc2CN1c1ccc2ccc(Cl)nc2n1. The zero-order valence-corrected chi connectivity index (χ0v) is 25.6. The van der Waals surface area contributed by atoms with Gasteiger partial charge in [0.25, 0.3) is 5.91 Å². The van der Waals surface area contributed by atoms with Crippen molar-refractivity contribution in [1.82, 2.24) is 19.9 Å². The molecule has 1 aliphatic rings. The molecule has 0 fully saturated rings. The highest BCUT2D eigenvalue weighted by Gasteiger charge is 2.28. The highest BCUT2D eigenvalue weighted by atomic mass is 35.5. The van der Waals surface area contributed by atoms with Crippen molar-refractivity contribution in [3.8, 4) is 0 Å². The number of para-hydroxylation sites is 2. The van der Waals surface area contributed by atoms with Gasteiger partial charge in [0.1, 0.15) is 11.0 Å². The van der Waals surface area contributed by atoms with Crippen LogP contribution in [0.2, 0.25) is 5.15 Å². The molecule has 0 saturated carbocycles. The fourth-order valence-corrected chi connectivity index (χ4v) is 5.58. The number of carboxylic acid groups (broad SMARTS) is 2. The van der Waals surface area contributed by atoms with Gasteiger partial charge in [-0.3, -0.25) is 19.3 Å². The number of amides is 1. The molecule has 0 saturated heterocycles. The number of fused-ring (bicyclic) bond motifs is 4. The number of carbonyl (C=O) groups is 3. The Bertz CT molecular complexity index is 2170. The highest BCUT2D eigenvalue weighted by Crippen LogP contribution is 2.28. The molecule has 0 unspecified atom stereocenters. The Morgan fingerprint density at radius 1 is 0.723 bits per heavy atom. The number of halogens is 1. The zero-order chi connectivity index (χ0) is 32.9. The van der Waals surface area contributed by atoms with Crippen LogP contribution in [0.15, 0.2) is 109 Å². The lowest BCUT2D eigenvalue weighted by Gasteiger charge is -2.14. The number of aromatic amines is 2. The lowest BCUT2D eigenvalue weighted by molar-refractivity contribution is -0.137. The number of aliphatic carboxylic acids is 2. The third-order valence-corrected chi connectivity index (χ3v) is 7.85. The van der Waals surface area contributed by atoms with Crippen LogP contribution in [0.3, 0.4) is 0 Å². The average molecular weight is 646 g/mol. The molecule has 11 heteroatoms. The van der Waals surface area contributed by atoms with E-state index in [9.17, 15) is 14.4 Å². The molecule has 8 rings (SSSR count). The van der Waals surface area contributed by atoms with E-state index in [0.717, 1.165) is 49.4 Å². The van der Waals surface area contributed by atoms with E-state index < -0.39 is 11.9 Å². The van der Waals surface area contributed by atoms with Gasteiger partial charge in [0.15, 0.2) is 5.65 Å². The van der Waals surface area contributed by atoms with E-state index in [1.807, 2.05) is 91.0 Å². The minimum absolute atomic E-state index is 0.0283. The normalized spacial score (nSPS) is 11.9. The summed E-state index contributed by atoms with van der Waals surface area (Å²) < 4.78 is 0. The highest BCUT2D eigenvalue weighted by molar-refractivity contribution is 6.29. The van der Waals surface area contributed by atoms with Gasteiger partial charge in [0.2, 0.25) is 0 Å². The molecule has 4 aromatic heterocycles. The van der Waals surface area contributed by atoms with E-state index in [1.165, 1.54) is 0 Å². The molecule has 5 heterocycles. The Labute approximate surface area is 273 Å². The number of carbonyl (C=O) groups excluding carboxylic acids is 1. The van der Waals surface area contributed by atoms with E-state index in [0.29, 0.717) is 23.2 Å². The van der Waals surface area contributed by atoms with Crippen LogP contribution in [0, 0.1) is 0 Å². The molecule has 7 aromatic rings. The average Bonchev–Trinajstić information content (AvgIpc) is 3.77. The molecular weight excluding hydrogens is 618 g/mol. The second kappa shape index (κ2) is 13.6. The number of nitrogens with one attached hydrogen (secondary N) is 2. The Morgan fingerprint density at radius 3 is 1.87 bits per heavy atom. The van der Waals surface area contributed by atoms with E-state index in [4.69, 9.17) is 21.8 Å². The molecule has 0 spiro atoms. The predicted octanol–water partition coefficient (Wildman–Crippen LogP) is 7.03. The van der Waals surface area contributed by atoms with Gasteiger partial charge in [-0.1, -0.05) is 66.2 Å². The maximum absolute atomic E-state index is 12.4. The minimum Gasteiger partial charge on any atom is -0.481 e. The van der Waals surface area contributed by atoms with Crippen LogP contribution in [0.4, 0.5) is 5.82 Å². The molecule has 1 amide bonds. The Kier molecular flexibility index (Phi) is 8.94. The van der Waals surface area contributed by atoms with E-state index in [1.54, 1.807) is 23.4 Å². The summed E-state index contributed by atoms with van der Waals surface area (Å²) in [6.07, 6.45) is 3.64. The summed E-state index contributed by atoms with van der Waals surface area (Å²) in [6, 6.07) is 30.3. The van der Waals surface area contributed by atoms with Crippen molar-refractivity contribution < 1.29 is 24.6 Å². The van der Waals surface area contributed by atoms with Crippen LogP contribution in [0.25, 0.3) is 32.8 Å². The fraction of sp³-hybridized carbons (Fsp3) is 0.0833. The van der Waals surface area contributed by atoms with Crippen LogP contribution >= 0.6 is 11.6 Å². The molecule has 1 aliphatic heterocycles. The molecule has 0 atom stereocenters. The summed E-state index contributed by atoms with van der Waals surface area (Å²) in [5, 5.41) is 20.5. The molecule has 3 aromatic carbocycles. The molecule has 10 nitrogen and oxygen atoms in total. The number of rotatable bonds is 5. The number of hydrogen-bond acceptors (Lipinski definition) is 5. The second-order valence-corrected chi connectivity index (χ2v) is 11.1. The molecule has 4 N–H and O–H groups in total. The van der Waals surface area contributed by atoms with Crippen molar-refractivity contribution in [2.24, 2.45) is 0 Å². The number of aromatic nitrogens is 4. The summed E-state index contributed by atoms with van der Waals surface area (Å²) in [5.74, 6) is -1.03. The number of H-pyrrole nitrogens is 2. The quantitative estimate of drug-likeness (QED) is 0.147. The smallest absolute Gasteiger partial charge is 0.307 e. The number of pyridine rings is 2. The first kappa shape index (κ1) is 31.0. The molecule has 47 heavy (non-hydrogen) atoms. The standard InChI is InChI=1S/C16H10ClN3O.2C10H9NO2/c17-13-7-5-10-6-8-14(19-15(10)18-13)20-9-11-3-1-2-4-12(11)16(20)21;2*12-10(13)5-7-6-11-9-4-2-1-3-8(7)9/h1-8H,9H2;2*1-4,6,11H,5H2,(H,12,13). The van der Waals surface area contributed by atoms with Gasteiger partial charge in [-0.25, -0.2) is 9.97 Å². The zero-order valence-electron chi connectivity index (χ0n) is 24.9. The summed E-state index contributed by atoms with van der Waals surface area (Å²) in [5.41, 5.74) is 5.94. The summed E-state index contributed by atoms with van der Waals surface area (Å²) in [6.45, 7) is 0.536. The topological polar surface area (TPSA) is 152 Å². The van der Waals surface area contributed by atoms with Gasteiger partial charge in [0.05, 0.1) is 19.4 Å². The van der Waals surface area contributed by atoms with E-state index in [-0.39, 0.29) is 18.7 Å². The second-order valence-electron chi connectivity index (χ2n) is 10.8. The minimum atomic E-state index is -0.801. The number of carboxylic acids is 2. The summed E-state index contributed by atoms with van der Waals surface area (Å²) >= 11 is 5.90. The number of benzene rings is 3. The Balaban J connectivity index is 0.000000130. The van der Waals surface area contributed by atoms with Gasteiger partial charge >= 0.3 is 11.9 Å². The third kappa shape index (κ3) is 6.98. The van der Waals surface area contributed by atoms with Crippen molar-refractivity contribution in [2.45, 2.75) is 19.4 Å². The fourth-order valence-electron chi connectivity index (χ4n) is 5.44. The van der Waals surface area contributed by atoms with Crippen LogP contribution in [0.1, 0.15) is 27.0 Å². The number of nitrogens with zero attached hydrogens (tertiary/aromatic N) is 3. The van der Waals surface area contributed by atoms with Crippen molar-refractivity contribution in [2.75, 3.05) is 4.90 Å². The molecular formula is C36H28ClN5O5. The van der Waals surface area contributed by atoms with Crippen LogP contribution in [-0.2, 0) is 29.0 Å². The largest absolute Gasteiger partial charge is 0.481 e. The maximum atomic E-state index is 12.4. The molecule has 0 bridgehead atoms. The van der Waals surface area contributed by atoms with Crippen molar-refractivity contribution >= 4 is 68.1 Å². The van der Waals surface area contributed by atoms with Crippen LogP contribution in [-0.4, -0.2) is 48.0 Å². The molecule has 0 radical (unpaired) electrons. The van der Waals surface area contributed by atoms with Crippen LogP contribution in [0.5, 0.6) is 0 Å².